The van der Waals surface area contributed by atoms with E-state index in [2.05, 4.69) is 4.98 Å². The Morgan fingerprint density at radius 1 is 1.09 bits per heavy atom. The Labute approximate surface area is 201 Å². The summed E-state index contributed by atoms with van der Waals surface area (Å²) in [5.41, 5.74) is 1.40. The van der Waals surface area contributed by atoms with Gasteiger partial charge in [0.05, 0.1) is 29.2 Å². The Kier molecular flexibility index (Phi) is 5.53. The van der Waals surface area contributed by atoms with Crippen molar-refractivity contribution in [3.8, 4) is 5.75 Å². The lowest BCUT2D eigenvalue weighted by Gasteiger charge is -2.35. The van der Waals surface area contributed by atoms with E-state index in [1.165, 1.54) is 22.6 Å². The van der Waals surface area contributed by atoms with Crippen LogP contribution in [-0.4, -0.2) is 42.8 Å². The van der Waals surface area contributed by atoms with Crippen LogP contribution in [0, 0.1) is 0 Å². The fourth-order valence-electron chi connectivity index (χ4n) is 4.06. The van der Waals surface area contributed by atoms with E-state index in [4.69, 9.17) is 16.3 Å². The molecule has 2 amide bonds. The molecule has 1 aromatic heterocycles. The standard InChI is InChI=1S/C24H20ClN3O5S/c1-2-17-14-28(20-12-16(25)7-10-21(20)33-17)34(31,32)18-8-5-15(6-9-18)13-27-23(29)19-4-3-11-26-22(19)24(27)30/h3-12,17H,2,13-14H2,1H3. The number of fused-ring (bicyclic) bond motifs is 2. The van der Waals surface area contributed by atoms with E-state index in [-0.39, 0.29) is 35.3 Å². The molecule has 0 saturated carbocycles. The van der Waals surface area contributed by atoms with Crippen molar-refractivity contribution in [3.63, 3.8) is 0 Å². The average molecular weight is 498 g/mol. The first kappa shape index (κ1) is 22.4. The topological polar surface area (TPSA) is 96.9 Å². The van der Waals surface area contributed by atoms with Crippen LogP contribution in [0.4, 0.5) is 5.69 Å². The monoisotopic (exact) mass is 497 g/mol. The fourth-order valence-corrected chi connectivity index (χ4v) is 5.72. The Bertz CT molecular complexity index is 1370. The smallest absolute Gasteiger partial charge is 0.280 e. The van der Waals surface area contributed by atoms with E-state index in [1.807, 2.05) is 6.92 Å². The molecule has 2 aromatic carbocycles. The number of halogens is 1. The van der Waals surface area contributed by atoms with E-state index < -0.39 is 21.8 Å². The summed E-state index contributed by atoms with van der Waals surface area (Å²) >= 11 is 6.13. The van der Waals surface area contributed by atoms with Crippen LogP contribution in [0.15, 0.2) is 65.7 Å². The van der Waals surface area contributed by atoms with Crippen LogP contribution >= 0.6 is 11.6 Å². The SMILES string of the molecule is CCC1CN(S(=O)(=O)c2ccc(CN3C(=O)c4cccnc4C3=O)cc2)c2cc(Cl)ccc2O1. The van der Waals surface area contributed by atoms with Crippen LogP contribution in [0.5, 0.6) is 5.75 Å². The first-order chi connectivity index (χ1) is 16.3. The van der Waals surface area contributed by atoms with Crippen molar-refractivity contribution in [3.05, 3.63) is 82.6 Å². The van der Waals surface area contributed by atoms with E-state index in [0.717, 1.165) is 4.90 Å². The third-order valence-electron chi connectivity index (χ3n) is 5.89. The molecular formula is C24H20ClN3O5S. The maximum atomic E-state index is 13.5. The summed E-state index contributed by atoms with van der Waals surface area (Å²) < 4.78 is 34.3. The maximum Gasteiger partial charge on any atom is 0.280 e. The van der Waals surface area contributed by atoms with Crippen molar-refractivity contribution >= 4 is 39.1 Å². The molecule has 1 atom stereocenters. The number of carbonyl (C=O) groups is 2. The minimum absolute atomic E-state index is 0.0161. The highest BCUT2D eigenvalue weighted by atomic mass is 35.5. The number of anilines is 1. The minimum atomic E-state index is -3.91. The molecule has 3 heterocycles. The van der Waals surface area contributed by atoms with Crippen LogP contribution in [0.1, 0.15) is 39.8 Å². The molecule has 1 unspecified atom stereocenters. The number of sulfonamides is 1. The summed E-state index contributed by atoms with van der Waals surface area (Å²) in [4.78, 5) is 30.3. The molecule has 5 rings (SSSR count). The molecule has 0 aliphatic carbocycles. The van der Waals surface area contributed by atoms with E-state index >= 15 is 0 Å². The molecule has 3 aromatic rings. The number of hydrogen-bond donors (Lipinski definition) is 0. The second kappa shape index (κ2) is 8.41. The Morgan fingerprint density at radius 3 is 2.56 bits per heavy atom. The first-order valence-electron chi connectivity index (χ1n) is 10.7. The predicted molar refractivity (Wildman–Crippen MR) is 126 cm³/mol. The number of aromatic nitrogens is 1. The Balaban J connectivity index is 1.41. The van der Waals surface area contributed by atoms with E-state index in [0.29, 0.717) is 28.4 Å². The molecule has 10 heteroatoms. The zero-order valence-electron chi connectivity index (χ0n) is 18.1. The van der Waals surface area contributed by atoms with Crippen LogP contribution < -0.4 is 9.04 Å². The van der Waals surface area contributed by atoms with Crippen molar-refractivity contribution in [2.45, 2.75) is 30.9 Å². The van der Waals surface area contributed by atoms with E-state index in [9.17, 15) is 18.0 Å². The summed E-state index contributed by atoms with van der Waals surface area (Å²) in [5, 5.41) is 0.406. The van der Waals surface area contributed by atoms with Gasteiger partial charge in [-0.15, -0.1) is 0 Å². The zero-order valence-corrected chi connectivity index (χ0v) is 19.7. The van der Waals surface area contributed by atoms with Gasteiger partial charge in [-0.1, -0.05) is 30.7 Å². The molecule has 0 radical (unpaired) electrons. The summed E-state index contributed by atoms with van der Waals surface area (Å²) in [6, 6.07) is 14.2. The molecule has 0 bridgehead atoms. The van der Waals surface area contributed by atoms with Crippen LogP contribution in [-0.2, 0) is 16.6 Å². The lowest BCUT2D eigenvalue weighted by molar-refractivity contribution is 0.0640. The molecular weight excluding hydrogens is 478 g/mol. The molecule has 0 saturated heterocycles. The van der Waals surface area contributed by atoms with Gasteiger partial charge >= 0.3 is 0 Å². The normalized spacial score (nSPS) is 17.4. The van der Waals surface area contributed by atoms with Gasteiger partial charge in [0.15, 0.2) is 0 Å². The Morgan fingerprint density at radius 2 is 1.85 bits per heavy atom. The van der Waals surface area contributed by atoms with Crippen LogP contribution in [0.3, 0.4) is 0 Å². The maximum absolute atomic E-state index is 13.5. The van der Waals surface area contributed by atoms with Gasteiger partial charge in [0.25, 0.3) is 21.8 Å². The minimum Gasteiger partial charge on any atom is -0.486 e. The van der Waals surface area contributed by atoms with Gasteiger partial charge in [-0.25, -0.2) is 8.42 Å². The van der Waals surface area contributed by atoms with E-state index in [1.54, 1.807) is 42.5 Å². The fraction of sp³-hybridized carbons (Fsp3) is 0.208. The summed E-state index contributed by atoms with van der Waals surface area (Å²) in [6.45, 7) is 2.11. The van der Waals surface area contributed by atoms with Gasteiger partial charge < -0.3 is 4.74 Å². The summed E-state index contributed by atoms with van der Waals surface area (Å²) in [6.07, 6.45) is 1.82. The second-order valence-corrected chi connectivity index (χ2v) is 10.3. The van der Waals surface area contributed by atoms with Gasteiger partial charge in [0.1, 0.15) is 17.5 Å². The average Bonchev–Trinajstić information content (AvgIpc) is 3.08. The number of benzene rings is 2. The third-order valence-corrected chi connectivity index (χ3v) is 7.92. The molecule has 2 aliphatic rings. The van der Waals surface area contributed by atoms with Crippen molar-refractivity contribution in [1.29, 1.82) is 0 Å². The first-order valence-corrected chi connectivity index (χ1v) is 12.5. The highest BCUT2D eigenvalue weighted by Gasteiger charge is 2.37. The largest absolute Gasteiger partial charge is 0.486 e. The Hall–Kier alpha value is -3.43. The number of hydrogen-bond acceptors (Lipinski definition) is 6. The predicted octanol–water partition coefficient (Wildman–Crippen LogP) is 3.90. The van der Waals surface area contributed by atoms with Crippen molar-refractivity contribution in [1.82, 2.24) is 9.88 Å². The molecule has 2 aliphatic heterocycles. The highest BCUT2D eigenvalue weighted by Crippen LogP contribution is 2.39. The number of imide groups is 1. The van der Waals surface area contributed by atoms with Gasteiger partial charge in [0, 0.05) is 11.2 Å². The quantitative estimate of drug-likeness (QED) is 0.496. The lowest BCUT2D eigenvalue weighted by atomic mass is 10.2. The number of rotatable bonds is 5. The zero-order chi connectivity index (χ0) is 24.0. The molecule has 0 fully saturated rings. The van der Waals surface area contributed by atoms with Crippen LogP contribution in [0.2, 0.25) is 5.02 Å². The molecule has 34 heavy (non-hydrogen) atoms. The number of pyridine rings is 1. The van der Waals surface area contributed by atoms with Gasteiger partial charge in [-0.3, -0.25) is 23.8 Å². The highest BCUT2D eigenvalue weighted by molar-refractivity contribution is 7.92. The molecule has 0 N–H and O–H groups in total. The molecule has 174 valence electrons. The number of nitrogens with zero attached hydrogens (tertiary/aromatic N) is 3. The number of carbonyl (C=O) groups excluding carboxylic acids is 2. The lowest BCUT2D eigenvalue weighted by Crippen LogP contribution is -2.43. The molecule has 0 spiro atoms. The number of ether oxygens (including phenoxy) is 1. The van der Waals surface area contributed by atoms with Crippen molar-refractivity contribution in [2.75, 3.05) is 10.8 Å². The number of amides is 2. The van der Waals surface area contributed by atoms with Crippen LogP contribution in [0.25, 0.3) is 0 Å². The van der Waals surface area contributed by atoms with Gasteiger partial charge in [0.2, 0.25) is 0 Å². The van der Waals surface area contributed by atoms with Gasteiger partial charge in [-0.05, 0) is 54.4 Å². The summed E-state index contributed by atoms with van der Waals surface area (Å²) in [7, 11) is -3.91. The summed E-state index contributed by atoms with van der Waals surface area (Å²) in [5.74, 6) is -0.427. The second-order valence-electron chi connectivity index (χ2n) is 8.04. The van der Waals surface area contributed by atoms with Gasteiger partial charge in [-0.2, -0.15) is 0 Å². The van der Waals surface area contributed by atoms with Crippen molar-refractivity contribution < 1.29 is 22.7 Å². The molecule has 8 nitrogen and oxygen atoms in total. The third kappa shape index (κ3) is 3.70. The van der Waals surface area contributed by atoms with Crippen molar-refractivity contribution in [2.24, 2.45) is 0 Å².